The number of anilines is 2. The zero-order valence-corrected chi connectivity index (χ0v) is 12.6. The molecule has 0 bridgehead atoms. The van der Waals surface area contributed by atoms with Crippen LogP contribution in [0.5, 0.6) is 0 Å². The molecule has 0 aliphatic heterocycles. The van der Waals surface area contributed by atoms with E-state index in [2.05, 4.69) is 21.7 Å². The maximum atomic E-state index is 12.2. The molecule has 0 aromatic heterocycles. The molecule has 2 amide bonds. The molecule has 1 aliphatic carbocycles. The number of nitrogens with one attached hydrogen (secondary N) is 2. The standard InChI is InChI=1S/C18H17N3O2/c22-12-19-14-8-10-15(11-9-14)20-18(23)21-17-7-3-5-13-4-1-2-6-16(13)17/h3,5,7-11H,1-2,4,6H2,(H2,20,21,23). The minimum absolute atomic E-state index is 0.282. The highest BCUT2D eigenvalue weighted by atomic mass is 16.2. The molecule has 116 valence electrons. The predicted octanol–water partition coefficient (Wildman–Crippen LogP) is 4.18. The van der Waals surface area contributed by atoms with Crippen LogP contribution in [0.2, 0.25) is 0 Å². The highest BCUT2D eigenvalue weighted by Crippen LogP contribution is 2.28. The average molecular weight is 307 g/mol. The predicted molar refractivity (Wildman–Crippen MR) is 89.9 cm³/mol. The van der Waals surface area contributed by atoms with Crippen molar-refractivity contribution < 1.29 is 9.59 Å². The lowest BCUT2D eigenvalue weighted by Crippen LogP contribution is -2.21. The lowest BCUT2D eigenvalue weighted by Gasteiger charge is -2.19. The second-order valence-corrected chi connectivity index (χ2v) is 5.48. The van der Waals surface area contributed by atoms with Crippen molar-refractivity contribution in [3.63, 3.8) is 0 Å². The maximum Gasteiger partial charge on any atom is 0.323 e. The van der Waals surface area contributed by atoms with Crippen LogP contribution in [0.15, 0.2) is 47.5 Å². The van der Waals surface area contributed by atoms with Crippen LogP contribution < -0.4 is 10.6 Å². The number of aryl methyl sites for hydroxylation is 1. The summed E-state index contributed by atoms with van der Waals surface area (Å²) in [5, 5.41) is 5.70. The molecule has 0 heterocycles. The van der Waals surface area contributed by atoms with Crippen LogP contribution in [0, 0.1) is 0 Å². The first-order chi connectivity index (χ1) is 11.3. The first-order valence-electron chi connectivity index (χ1n) is 7.63. The van der Waals surface area contributed by atoms with Gasteiger partial charge in [0.1, 0.15) is 0 Å². The fourth-order valence-electron chi connectivity index (χ4n) is 2.86. The largest absolute Gasteiger partial charge is 0.323 e. The quantitative estimate of drug-likeness (QED) is 0.659. The van der Waals surface area contributed by atoms with Crippen LogP contribution in [0.25, 0.3) is 0 Å². The highest BCUT2D eigenvalue weighted by molar-refractivity contribution is 6.00. The van der Waals surface area contributed by atoms with E-state index in [9.17, 15) is 9.59 Å². The lowest BCUT2D eigenvalue weighted by atomic mass is 9.90. The highest BCUT2D eigenvalue weighted by Gasteiger charge is 2.14. The first-order valence-corrected chi connectivity index (χ1v) is 7.63. The van der Waals surface area contributed by atoms with Crippen LogP contribution >= 0.6 is 0 Å². The summed E-state index contributed by atoms with van der Waals surface area (Å²) in [5.41, 5.74) is 4.58. The van der Waals surface area contributed by atoms with E-state index in [1.54, 1.807) is 24.3 Å². The molecule has 2 N–H and O–H groups in total. The van der Waals surface area contributed by atoms with Gasteiger partial charge in [-0.2, -0.15) is 4.99 Å². The van der Waals surface area contributed by atoms with Crippen molar-refractivity contribution in [3.05, 3.63) is 53.6 Å². The Morgan fingerprint density at radius 1 is 1.00 bits per heavy atom. The Kier molecular flexibility index (Phi) is 4.50. The number of isocyanates is 1. The minimum Gasteiger partial charge on any atom is -0.308 e. The van der Waals surface area contributed by atoms with Gasteiger partial charge in [-0.25, -0.2) is 9.59 Å². The van der Waals surface area contributed by atoms with Crippen molar-refractivity contribution in [2.45, 2.75) is 25.7 Å². The number of amides is 2. The number of carbonyl (C=O) groups excluding carboxylic acids is 2. The molecule has 0 saturated heterocycles. The fraction of sp³-hybridized carbons (Fsp3) is 0.222. The van der Waals surface area contributed by atoms with Gasteiger partial charge < -0.3 is 10.6 Å². The molecular formula is C18H17N3O2. The minimum atomic E-state index is -0.282. The number of carbonyl (C=O) groups is 1. The van der Waals surface area contributed by atoms with Gasteiger partial charge >= 0.3 is 6.03 Å². The van der Waals surface area contributed by atoms with E-state index in [-0.39, 0.29) is 6.03 Å². The molecule has 0 spiro atoms. The third-order valence-electron chi connectivity index (χ3n) is 3.94. The molecule has 0 fully saturated rings. The molecule has 3 rings (SSSR count). The van der Waals surface area contributed by atoms with Gasteiger partial charge in [0.2, 0.25) is 6.08 Å². The van der Waals surface area contributed by atoms with Crippen LogP contribution in [0.4, 0.5) is 21.9 Å². The molecule has 0 atom stereocenters. The van der Waals surface area contributed by atoms with Crippen LogP contribution in [0.1, 0.15) is 24.0 Å². The van der Waals surface area contributed by atoms with E-state index in [1.807, 2.05) is 12.1 Å². The number of hydrogen-bond donors (Lipinski definition) is 2. The summed E-state index contributed by atoms with van der Waals surface area (Å²) < 4.78 is 0. The Labute approximate surface area is 134 Å². The smallest absolute Gasteiger partial charge is 0.308 e. The molecule has 0 radical (unpaired) electrons. The lowest BCUT2D eigenvalue weighted by molar-refractivity contribution is 0.262. The van der Waals surface area contributed by atoms with Crippen LogP contribution in [0.3, 0.4) is 0 Å². The van der Waals surface area contributed by atoms with Crippen molar-refractivity contribution >= 4 is 29.2 Å². The van der Waals surface area contributed by atoms with E-state index in [1.165, 1.54) is 23.6 Å². The number of fused-ring (bicyclic) bond motifs is 1. The fourth-order valence-corrected chi connectivity index (χ4v) is 2.86. The Balaban J connectivity index is 1.69. The normalized spacial score (nSPS) is 12.7. The van der Waals surface area contributed by atoms with Gasteiger partial charge in [0.25, 0.3) is 0 Å². The summed E-state index contributed by atoms with van der Waals surface area (Å²) in [6, 6.07) is 12.4. The van der Waals surface area contributed by atoms with Crippen molar-refractivity contribution in [2.75, 3.05) is 10.6 Å². The van der Waals surface area contributed by atoms with Crippen LogP contribution in [-0.2, 0) is 17.6 Å². The number of hydrogen-bond acceptors (Lipinski definition) is 3. The topological polar surface area (TPSA) is 70.6 Å². The monoisotopic (exact) mass is 307 g/mol. The second-order valence-electron chi connectivity index (χ2n) is 5.48. The Morgan fingerprint density at radius 3 is 2.57 bits per heavy atom. The third-order valence-corrected chi connectivity index (χ3v) is 3.94. The summed E-state index contributed by atoms with van der Waals surface area (Å²) in [7, 11) is 0. The van der Waals surface area contributed by atoms with Crippen molar-refractivity contribution in [3.8, 4) is 0 Å². The molecule has 1 aliphatic rings. The van der Waals surface area contributed by atoms with Crippen molar-refractivity contribution in [1.29, 1.82) is 0 Å². The van der Waals surface area contributed by atoms with Gasteiger partial charge in [-0.15, -0.1) is 0 Å². The van der Waals surface area contributed by atoms with E-state index in [0.717, 1.165) is 24.9 Å². The molecule has 23 heavy (non-hydrogen) atoms. The molecular weight excluding hydrogens is 290 g/mol. The van der Waals surface area contributed by atoms with Gasteiger partial charge in [-0.05, 0) is 67.1 Å². The molecule has 2 aromatic rings. The van der Waals surface area contributed by atoms with Gasteiger partial charge in [0.05, 0.1) is 5.69 Å². The first kappa shape index (κ1) is 15.0. The van der Waals surface area contributed by atoms with Gasteiger partial charge in [-0.3, -0.25) is 0 Å². The molecule has 2 aromatic carbocycles. The summed E-state index contributed by atoms with van der Waals surface area (Å²) in [4.78, 5) is 25.9. The summed E-state index contributed by atoms with van der Waals surface area (Å²) >= 11 is 0. The van der Waals surface area contributed by atoms with Gasteiger partial charge in [0, 0.05) is 11.4 Å². The zero-order valence-electron chi connectivity index (χ0n) is 12.6. The van der Waals surface area contributed by atoms with E-state index in [0.29, 0.717) is 11.4 Å². The van der Waals surface area contributed by atoms with E-state index in [4.69, 9.17) is 0 Å². The maximum absolute atomic E-state index is 12.2. The van der Waals surface area contributed by atoms with Gasteiger partial charge in [0.15, 0.2) is 0 Å². The van der Waals surface area contributed by atoms with Crippen molar-refractivity contribution in [2.24, 2.45) is 4.99 Å². The Morgan fingerprint density at radius 2 is 1.78 bits per heavy atom. The number of benzene rings is 2. The van der Waals surface area contributed by atoms with Gasteiger partial charge in [-0.1, -0.05) is 12.1 Å². The summed E-state index contributed by atoms with van der Waals surface area (Å²) in [5.74, 6) is 0. The SMILES string of the molecule is O=C=Nc1ccc(NC(=O)Nc2cccc3c2CCCC3)cc1. The number of nitrogens with zero attached hydrogens (tertiary/aromatic N) is 1. The molecule has 0 unspecified atom stereocenters. The van der Waals surface area contributed by atoms with E-state index < -0.39 is 0 Å². The number of urea groups is 1. The average Bonchev–Trinajstić information content (AvgIpc) is 2.57. The number of rotatable bonds is 3. The van der Waals surface area contributed by atoms with E-state index >= 15 is 0 Å². The Bertz CT molecular complexity index is 762. The Hall–Kier alpha value is -2.91. The third kappa shape index (κ3) is 3.65. The number of aliphatic imine (C=N–C) groups is 1. The van der Waals surface area contributed by atoms with Crippen molar-refractivity contribution in [1.82, 2.24) is 0 Å². The summed E-state index contributed by atoms with van der Waals surface area (Å²) in [6.07, 6.45) is 5.93. The molecule has 5 heteroatoms. The summed E-state index contributed by atoms with van der Waals surface area (Å²) in [6.45, 7) is 0. The van der Waals surface area contributed by atoms with Crippen LogP contribution in [-0.4, -0.2) is 12.1 Å². The second kappa shape index (κ2) is 6.90. The molecule has 0 saturated carbocycles. The molecule has 5 nitrogen and oxygen atoms in total. The zero-order chi connectivity index (χ0) is 16.1.